The summed E-state index contributed by atoms with van der Waals surface area (Å²) in [5, 5.41) is 2.52. The van der Waals surface area contributed by atoms with E-state index in [0.717, 1.165) is 12.8 Å². The Morgan fingerprint density at radius 1 is 1.32 bits per heavy atom. The van der Waals surface area contributed by atoms with Crippen LogP contribution in [0.5, 0.6) is 0 Å². The molecule has 0 radical (unpaired) electrons. The van der Waals surface area contributed by atoms with Crippen molar-refractivity contribution in [2.75, 3.05) is 20.3 Å². The lowest BCUT2D eigenvalue weighted by molar-refractivity contribution is -0.145. The Bertz CT molecular complexity index is 327. The van der Waals surface area contributed by atoms with E-state index < -0.39 is 6.09 Å². The van der Waals surface area contributed by atoms with Crippen LogP contribution in [-0.4, -0.2) is 32.3 Å². The zero-order valence-electron chi connectivity index (χ0n) is 11.7. The molecule has 0 aromatic carbocycles. The van der Waals surface area contributed by atoms with Crippen molar-refractivity contribution >= 4 is 12.1 Å². The van der Waals surface area contributed by atoms with Gasteiger partial charge in [0.1, 0.15) is 0 Å². The van der Waals surface area contributed by atoms with Crippen LogP contribution in [0.25, 0.3) is 0 Å². The largest absolute Gasteiger partial charge is 0.465 e. The maximum Gasteiger partial charge on any atom is 0.406 e. The van der Waals surface area contributed by atoms with Crippen molar-refractivity contribution in [3.05, 3.63) is 12.2 Å². The molecule has 0 heterocycles. The van der Waals surface area contributed by atoms with Crippen LogP contribution in [0.3, 0.4) is 0 Å². The van der Waals surface area contributed by atoms with Crippen molar-refractivity contribution < 1.29 is 19.1 Å². The van der Waals surface area contributed by atoms with Crippen LogP contribution in [0.15, 0.2) is 12.2 Å². The fraction of sp³-hybridized carbons (Fsp3) is 0.714. The van der Waals surface area contributed by atoms with E-state index in [1.54, 1.807) is 0 Å². The molecule has 1 aliphatic carbocycles. The molecule has 19 heavy (non-hydrogen) atoms. The van der Waals surface area contributed by atoms with E-state index in [0.29, 0.717) is 37.8 Å². The van der Waals surface area contributed by atoms with Crippen LogP contribution >= 0.6 is 0 Å². The zero-order chi connectivity index (χ0) is 14.1. The molecule has 0 aromatic rings. The number of allylic oxidation sites excluding steroid dienone is 2. The molecule has 0 bridgehead atoms. The summed E-state index contributed by atoms with van der Waals surface area (Å²) in [5.74, 6) is 0.800. The zero-order valence-corrected chi connectivity index (χ0v) is 11.7. The van der Waals surface area contributed by atoms with Crippen LogP contribution < -0.4 is 5.32 Å². The van der Waals surface area contributed by atoms with Crippen LogP contribution in [0.2, 0.25) is 0 Å². The number of alkyl carbamates (subject to hydrolysis) is 1. The van der Waals surface area contributed by atoms with Gasteiger partial charge in [0, 0.05) is 13.0 Å². The van der Waals surface area contributed by atoms with Gasteiger partial charge in [-0.3, -0.25) is 4.79 Å². The summed E-state index contributed by atoms with van der Waals surface area (Å²) in [7, 11) is 1.31. The molecular formula is C14H23NO4. The quantitative estimate of drug-likeness (QED) is 0.456. The number of hydrogen-bond acceptors (Lipinski definition) is 4. The predicted molar refractivity (Wildman–Crippen MR) is 71.6 cm³/mol. The van der Waals surface area contributed by atoms with Crippen molar-refractivity contribution in [3.8, 4) is 0 Å². The molecule has 5 heteroatoms. The summed E-state index contributed by atoms with van der Waals surface area (Å²) in [5.41, 5.74) is 0. The van der Waals surface area contributed by atoms with Crippen LogP contribution in [0.4, 0.5) is 4.79 Å². The number of nitrogens with one attached hydrogen (secondary N) is 1. The Kier molecular flexibility index (Phi) is 7.00. The fourth-order valence-electron chi connectivity index (χ4n) is 2.01. The number of rotatable bonds is 6. The van der Waals surface area contributed by atoms with Gasteiger partial charge in [-0.2, -0.15) is 0 Å². The molecule has 0 saturated heterocycles. The van der Waals surface area contributed by atoms with E-state index in [-0.39, 0.29) is 5.97 Å². The molecule has 1 amide bonds. The first-order valence-electron chi connectivity index (χ1n) is 6.76. The highest BCUT2D eigenvalue weighted by atomic mass is 16.5. The lowest BCUT2D eigenvalue weighted by Gasteiger charge is -2.24. The summed E-state index contributed by atoms with van der Waals surface area (Å²) < 4.78 is 9.69. The minimum atomic E-state index is -0.476. The second kappa shape index (κ2) is 8.56. The normalized spacial score (nSPS) is 21.8. The van der Waals surface area contributed by atoms with Gasteiger partial charge in [-0.1, -0.05) is 19.1 Å². The maximum atomic E-state index is 11.5. The molecule has 1 rings (SSSR count). The van der Waals surface area contributed by atoms with Gasteiger partial charge < -0.3 is 14.8 Å². The molecule has 0 saturated carbocycles. The number of carbonyl (C=O) groups excluding carboxylic acids is 2. The molecule has 0 fully saturated rings. The van der Waals surface area contributed by atoms with Crippen molar-refractivity contribution in [1.29, 1.82) is 0 Å². The van der Waals surface area contributed by atoms with E-state index in [1.165, 1.54) is 7.11 Å². The van der Waals surface area contributed by atoms with Gasteiger partial charge in [0.25, 0.3) is 0 Å². The van der Waals surface area contributed by atoms with Crippen molar-refractivity contribution in [2.24, 2.45) is 11.8 Å². The number of amides is 1. The minimum absolute atomic E-state index is 0.201. The Morgan fingerprint density at radius 2 is 2.05 bits per heavy atom. The van der Waals surface area contributed by atoms with Crippen LogP contribution in [0, 0.1) is 11.8 Å². The monoisotopic (exact) mass is 269 g/mol. The maximum absolute atomic E-state index is 11.5. The highest BCUT2D eigenvalue weighted by Gasteiger charge is 2.19. The standard InChI is InChI=1S/C14H23NO4/c1-11-6-3-4-7-12(11)10-19-13(16)8-5-9-15-14(17)18-2/h3-4,11-12H,5-10H2,1-2H3,(H,15,17). The molecule has 2 atom stereocenters. The average molecular weight is 269 g/mol. The van der Waals surface area contributed by atoms with Gasteiger partial charge in [-0.25, -0.2) is 4.79 Å². The Morgan fingerprint density at radius 3 is 2.74 bits per heavy atom. The number of methoxy groups -OCH3 is 1. The highest BCUT2D eigenvalue weighted by Crippen LogP contribution is 2.25. The summed E-state index contributed by atoms with van der Waals surface area (Å²) in [6.45, 7) is 3.10. The predicted octanol–water partition coefficient (Wildman–Crippen LogP) is 2.27. The third-order valence-corrected chi connectivity index (χ3v) is 3.39. The molecule has 108 valence electrons. The van der Waals surface area contributed by atoms with E-state index in [1.807, 2.05) is 0 Å². The summed E-state index contributed by atoms with van der Waals surface area (Å²) in [6, 6.07) is 0. The van der Waals surface area contributed by atoms with Gasteiger partial charge in [-0.15, -0.1) is 0 Å². The molecule has 5 nitrogen and oxygen atoms in total. The van der Waals surface area contributed by atoms with Crippen molar-refractivity contribution in [2.45, 2.75) is 32.6 Å². The SMILES string of the molecule is COC(=O)NCCCC(=O)OCC1CC=CCC1C. The average Bonchev–Trinajstić information content (AvgIpc) is 2.42. The Balaban J connectivity index is 2.07. The molecule has 2 unspecified atom stereocenters. The second-order valence-corrected chi connectivity index (χ2v) is 4.89. The first-order chi connectivity index (χ1) is 9.13. The summed E-state index contributed by atoms with van der Waals surface area (Å²) in [4.78, 5) is 22.3. The number of hydrogen-bond donors (Lipinski definition) is 1. The lowest BCUT2D eigenvalue weighted by atomic mass is 9.85. The number of esters is 1. The van der Waals surface area contributed by atoms with Gasteiger partial charge in [0.15, 0.2) is 0 Å². The molecule has 1 N–H and O–H groups in total. The van der Waals surface area contributed by atoms with E-state index in [2.05, 4.69) is 29.1 Å². The summed E-state index contributed by atoms with van der Waals surface area (Å²) >= 11 is 0. The first-order valence-corrected chi connectivity index (χ1v) is 6.76. The van der Waals surface area contributed by atoms with E-state index >= 15 is 0 Å². The molecule has 0 aromatic heterocycles. The molecule has 1 aliphatic rings. The first kappa shape index (κ1) is 15.5. The van der Waals surface area contributed by atoms with Gasteiger partial charge in [0.05, 0.1) is 13.7 Å². The third kappa shape index (κ3) is 6.27. The second-order valence-electron chi connectivity index (χ2n) is 4.89. The van der Waals surface area contributed by atoms with Crippen molar-refractivity contribution in [1.82, 2.24) is 5.32 Å². The van der Waals surface area contributed by atoms with Crippen LogP contribution in [0.1, 0.15) is 32.6 Å². The number of carbonyl (C=O) groups is 2. The molecule has 0 aliphatic heterocycles. The lowest BCUT2D eigenvalue weighted by Crippen LogP contribution is -2.25. The summed E-state index contributed by atoms with van der Waals surface area (Å²) in [6.07, 6.45) is 6.79. The highest BCUT2D eigenvalue weighted by molar-refractivity contribution is 5.69. The Hall–Kier alpha value is -1.52. The van der Waals surface area contributed by atoms with Gasteiger partial charge in [0.2, 0.25) is 0 Å². The van der Waals surface area contributed by atoms with E-state index in [4.69, 9.17) is 4.74 Å². The Labute approximate surface area is 114 Å². The van der Waals surface area contributed by atoms with Gasteiger partial charge in [-0.05, 0) is 31.1 Å². The van der Waals surface area contributed by atoms with Crippen molar-refractivity contribution in [3.63, 3.8) is 0 Å². The van der Waals surface area contributed by atoms with Crippen LogP contribution in [-0.2, 0) is 14.3 Å². The smallest absolute Gasteiger partial charge is 0.406 e. The number of ether oxygens (including phenoxy) is 2. The van der Waals surface area contributed by atoms with Gasteiger partial charge >= 0.3 is 12.1 Å². The molecular weight excluding hydrogens is 246 g/mol. The van der Waals surface area contributed by atoms with E-state index in [9.17, 15) is 9.59 Å². The fourth-order valence-corrected chi connectivity index (χ4v) is 2.01. The topological polar surface area (TPSA) is 64.6 Å². The molecule has 0 spiro atoms. The minimum Gasteiger partial charge on any atom is -0.465 e. The third-order valence-electron chi connectivity index (χ3n) is 3.39.